The van der Waals surface area contributed by atoms with E-state index in [0.717, 1.165) is 22.0 Å². The maximum absolute atomic E-state index is 13.7. The van der Waals surface area contributed by atoms with Crippen molar-refractivity contribution in [1.29, 1.82) is 0 Å². The van der Waals surface area contributed by atoms with E-state index in [1.54, 1.807) is 18.0 Å². The molecule has 1 heterocycles. The van der Waals surface area contributed by atoms with Gasteiger partial charge in [-0.25, -0.2) is 9.78 Å². The van der Waals surface area contributed by atoms with Crippen LogP contribution < -0.4 is 4.74 Å². The van der Waals surface area contributed by atoms with Gasteiger partial charge in [0.25, 0.3) is 0 Å². The van der Waals surface area contributed by atoms with Gasteiger partial charge < -0.3 is 24.0 Å². The number of ether oxygens (including phenoxy) is 2. The first-order valence-electron chi connectivity index (χ1n) is 13.0. The van der Waals surface area contributed by atoms with Crippen LogP contribution in [0.1, 0.15) is 50.1 Å². The molecule has 0 aliphatic heterocycles. The van der Waals surface area contributed by atoms with Crippen molar-refractivity contribution in [3.63, 3.8) is 0 Å². The van der Waals surface area contributed by atoms with Crippen LogP contribution in [0.3, 0.4) is 0 Å². The van der Waals surface area contributed by atoms with Crippen molar-refractivity contribution in [2.45, 2.75) is 65.3 Å². The zero-order chi connectivity index (χ0) is 27.3. The van der Waals surface area contributed by atoms with Gasteiger partial charge in [-0.1, -0.05) is 46.3 Å². The van der Waals surface area contributed by atoms with Crippen molar-refractivity contribution in [3.8, 4) is 5.75 Å². The molecule has 1 aromatic heterocycles. The number of aliphatic hydroxyl groups is 1. The molecular formula is C29H36BrN3O5. The fraction of sp³-hybridized carbons (Fsp3) is 0.414. The third-order valence-electron chi connectivity index (χ3n) is 6.17. The molecule has 0 aliphatic carbocycles. The number of carbonyl (C=O) groups is 2. The van der Waals surface area contributed by atoms with Gasteiger partial charge in [-0.3, -0.25) is 4.79 Å². The molecule has 3 aromatic rings. The summed E-state index contributed by atoms with van der Waals surface area (Å²) >= 11 is 3.53. The van der Waals surface area contributed by atoms with Crippen LogP contribution in [0.25, 0.3) is 0 Å². The Kier molecular flexibility index (Phi) is 11.8. The molecule has 1 N–H and O–H groups in total. The van der Waals surface area contributed by atoms with Crippen LogP contribution in [0.4, 0.5) is 0 Å². The topological polar surface area (TPSA) is 93.9 Å². The maximum Gasteiger partial charge on any atom is 0.329 e. The molecule has 3 rings (SSSR count). The molecule has 9 heteroatoms. The highest BCUT2D eigenvalue weighted by Crippen LogP contribution is 2.27. The summed E-state index contributed by atoms with van der Waals surface area (Å²) in [5.74, 6) is 0.715. The first-order chi connectivity index (χ1) is 18.5. The second-order valence-electron chi connectivity index (χ2n) is 8.82. The number of unbranched alkanes of at least 4 members (excludes halogenated alkanes) is 1. The van der Waals surface area contributed by atoms with E-state index >= 15 is 0 Å². The van der Waals surface area contributed by atoms with E-state index in [0.29, 0.717) is 37.6 Å². The third kappa shape index (κ3) is 8.43. The van der Waals surface area contributed by atoms with Crippen molar-refractivity contribution in [2.75, 3.05) is 13.2 Å². The zero-order valence-corrected chi connectivity index (χ0v) is 23.6. The molecule has 0 saturated carbocycles. The molecule has 0 aliphatic rings. The molecule has 0 radical (unpaired) electrons. The van der Waals surface area contributed by atoms with E-state index in [2.05, 4.69) is 20.9 Å². The Morgan fingerprint density at radius 3 is 2.61 bits per heavy atom. The van der Waals surface area contributed by atoms with Gasteiger partial charge in [0, 0.05) is 41.8 Å². The van der Waals surface area contributed by atoms with Gasteiger partial charge in [-0.2, -0.15) is 0 Å². The van der Waals surface area contributed by atoms with Gasteiger partial charge in [0.05, 0.1) is 19.8 Å². The number of halogens is 1. The molecule has 8 nitrogen and oxygen atoms in total. The van der Waals surface area contributed by atoms with Crippen LogP contribution in [-0.4, -0.2) is 50.7 Å². The summed E-state index contributed by atoms with van der Waals surface area (Å²) in [7, 11) is 0. The van der Waals surface area contributed by atoms with Gasteiger partial charge in [0.2, 0.25) is 5.91 Å². The minimum absolute atomic E-state index is 0.130. The second-order valence-corrected chi connectivity index (χ2v) is 9.73. The molecule has 2 aromatic carbocycles. The number of carbonyl (C=O) groups excluding carboxylic acids is 2. The molecule has 1 atom stereocenters. The summed E-state index contributed by atoms with van der Waals surface area (Å²) in [5.41, 5.74) is 1.75. The van der Waals surface area contributed by atoms with Crippen LogP contribution in [0.5, 0.6) is 5.75 Å². The number of nitrogens with zero attached hydrogens (tertiary/aromatic N) is 3. The van der Waals surface area contributed by atoms with E-state index in [4.69, 9.17) is 9.47 Å². The minimum atomic E-state index is -0.784. The average Bonchev–Trinajstić information content (AvgIpc) is 3.38. The van der Waals surface area contributed by atoms with Crippen LogP contribution in [0.2, 0.25) is 0 Å². The number of hydrogen-bond acceptors (Lipinski definition) is 6. The van der Waals surface area contributed by atoms with Crippen LogP contribution in [0, 0.1) is 0 Å². The number of aryl methyl sites for hydroxylation is 1. The van der Waals surface area contributed by atoms with Crippen molar-refractivity contribution >= 4 is 27.8 Å². The van der Waals surface area contributed by atoms with Gasteiger partial charge >= 0.3 is 5.97 Å². The predicted octanol–water partition coefficient (Wildman–Crippen LogP) is 4.91. The molecule has 0 fully saturated rings. The number of amides is 1. The first-order valence-corrected chi connectivity index (χ1v) is 13.8. The van der Waals surface area contributed by atoms with Gasteiger partial charge in [-0.15, -0.1) is 0 Å². The van der Waals surface area contributed by atoms with E-state index in [1.165, 1.54) is 0 Å². The number of aliphatic hydroxyl groups excluding tert-OH is 1. The number of esters is 1. The number of imidazole rings is 1. The highest BCUT2D eigenvalue weighted by Gasteiger charge is 2.32. The SMILES string of the molecule is CCOC(=O)C(Cc1ccccc1)N(Cc1cc(Br)ccc1OCC)C(=O)CCCCn1ccnc1CO. The van der Waals surface area contributed by atoms with Crippen molar-refractivity contribution < 1.29 is 24.2 Å². The largest absolute Gasteiger partial charge is 0.494 e. The quantitative estimate of drug-likeness (QED) is 0.201. The Balaban J connectivity index is 1.85. The van der Waals surface area contributed by atoms with E-state index in [1.807, 2.05) is 66.2 Å². The fourth-order valence-corrected chi connectivity index (χ4v) is 4.73. The summed E-state index contributed by atoms with van der Waals surface area (Å²) < 4.78 is 14.0. The molecule has 0 spiro atoms. The standard InChI is InChI=1S/C29H36BrN3O5/c1-3-37-26-14-13-24(30)19-23(26)20-33(25(29(36)38-4-2)18-22-10-6-5-7-11-22)28(35)12-8-9-16-32-17-15-31-27(32)21-34/h5-7,10-11,13-15,17,19,25,34H,3-4,8-9,12,16,18,20-21H2,1-2H3. The fourth-order valence-electron chi connectivity index (χ4n) is 4.32. The van der Waals surface area contributed by atoms with Crippen LogP contribution >= 0.6 is 15.9 Å². The molecule has 1 amide bonds. The van der Waals surface area contributed by atoms with Crippen LogP contribution in [-0.2, 0) is 40.4 Å². The summed E-state index contributed by atoms with van der Waals surface area (Å²) in [5, 5.41) is 9.42. The molecule has 38 heavy (non-hydrogen) atoms. The molecule has 0 saturated heterocycles. The summed E-state index contributed by atoms with van der Waals surface area (Å²) in [6.07, 6.45) is 5.44. The lowest BCUT2D eigenvalue weighted by Crippen LogP contribution is -2.46. The van der Waals surface area contributed by atoms with E-state index in [-0.39, 0.29) is 32.1 Å². The second kappa shape index (κ2) is 15.3. The maximum atomic E-state index is 13.7. The smallest absolute Gasteiger partial charge is 0.329 e. The Hall–Kier alpha value is -3.17. The summed E-state index contributed by atoms with van der Waals surface area (Å²) in [6, 6.07) is 14.6. The lowest BCUT2D eigenvalue weighted by atomic mass is 10.0. The predicted molar refractivity (Wildman–Crippen MR) is 148 cm³/mol. The van der Waals surface area contributed by atoms with E-state index in [9.17, 15) is 14.7 Å². The Morgan fingerprint density at radius 2 is 1.89 bits per heavy atom. The Morgan fingerprint density at radius 1 is 1.11 bits per heavy atom. The summed E-state index contributed by atoms with van der Waals surface area (Å²) in [6.45, 7) is 5.11. The monoisotopic (exact) mass is 585 g/mol. The number of hydrogen-bond donors (Lipinski definition) is 1. The minimum Gasteiger partial charge on any atom is -0.494 e. The highest BCUT2D eigenvalue weighted by atomic mass is 79.9. The van der Waals surface area contributed by atoms with Crippen molar-refractivity contribution in [1.82, 2.24) is 14.5 Å². The van der Waals surface area contributed by atoms with Gasteiger partial charge in [-0.05, 0) is 50.5 Å². The normalized spacial score (nSPS) is 11.7. The Bertz CT molecular complexity index is 1170. The Labute approximate surface area is 232 Å². The highest BCUT2D eigenvalue weighted by molar-refractivity contribution is 9.10. The molecule has 1 unspecified atom stereocenters. The van der Waals surface area contributed by atoms with Crippen molar-refractivity contribution in [2.24, 2.45) is 0 Å². The molecule has 204 valence electrons. The van der Waals surface area contributed by atoms with E-state index < -0.39 is 12.0 Å². The lowest BCUT2D eigenvalue weighted by Gasteiger charge is -2.31. The van der Waals surface area contributed by atoms with Crippen LogP contribution in [0.15, 0.2) is 65.4 Å². The summed E-state index contributed by atoms with van der Waals surface area (Å²) in [4.78, 5) is 32.7. The molecular weight excluding hydrogens is 550 g/mol. The number of rotatable bonds is 15. The average molecular weight is 587 g/mol. The first kappa shape index (κ1) is 29.4. The van der Waals surface area contributed by atoms with Gasteiger partial charge in [0.1, 0.15) is 24.2 Å². The van der Waals surface area contributed by atoms with Gasteiger partial charge in [0.15, 0.2) is 0 Å². The number of benzene rings is 2. The number of aromatic nitrogens is 2. The zero-order valence-electron chi connectivity index (χ0n) is 22.0. The molecule has 0 bridgehead atoms. The van der Waals surface area contributed by atoms with Crippen molar-refractivity contribution in [3.05, 3.63) is 82.3 Å². The third-order valence-corrected chi connectivity index (χ3v) is 6.67. The lowest BCUT2D eigenvalue weighted by molar-refractivity contribution is -0.155.